The number of carboxylic acid groups (broad SMARTS) is 1. The number of nitrogens with one attached hydrogen (secondary N) is 2. The van der Waals surface area contributed by atoms with E-state index in [-0.39, 0.29) is 10.7 Å². The first kappa shape index (κ1) is 27.3. The van der Waals surface area contributed by atoms with Crippen molar-refractivity contribution in [1.82, 2.24) is 10.6 Å². The number of aliphatic carboxylic acids is 1. The van der Waals surface area contributed by atoms with E-state index in [0.29, 0.717) is 16.1 Å². The zero-order valence-electron chi connectivity index (χ0n) is 19.5. The van der Waals surface area contributed by atoms with Crippen molar-refractivity contribution in [3.05, 3.63) is 99.7 Å². The fourth-order valence-electron chi connectivity index (χ4n) is 3.32. The standard InChI is InChI=1S/C27H24Cl2N2O4S/c1-27(2,36)23(26(34)35)31-25(33)22(15-16-8-13-20(28)21(29)14-16)30-24(32)19-11-9-18(10-12-19)17-6-4-3-5-7-17/h3-15,23,36H,1-2H3,(H,30,32)(H,31,33)(H,34,35). The molecule has 0 aliphatic heterocycles. The quantitative estimate of drug-likeness (QED) is 0.216. The Kier molecular flexibility index (Phi) is 8.84. The molecule has 1 unspecified atom stereocenters. The first-order valence-electron chi connectivity index (χ1n) is 10.9. The number of halogens is 2. The Hall–Kier alpha value is -3.26. The van der Waals surface area contributed by atoms with Crippen LogP contribution in [0.2, 0.25) is 10.0 Å². The summed E-state index contributed by atoms with van der Waals surface area (Å²) in [6, 6.07) is 19.9. The van der Waals surface area contributed by atoms with Crippen LogP contribution in [0.15, 0.2) is 78.5 Å². The number of carbonyl (C=O) groups is 3. The number of hydrogen-bond acceptors (Lipinski definition) is 4. The Morgan fingerprint density at radius 1 is 0.917 bits per heavy atom. The summed E-state index contributed by atoms with van der Waals surface area (Å²) in [7, 11) is 0. The van der Waals surface area contributed by atoms with Crippen LogP contribution >= 0.6 is 35.8 Å². The maximum Gasteiger partial charge on any atom is 0.327 e. The average molecular weight is 543 g/mol. The molecule has 36 heavy (non-hydrogen) atoms. The van der Waals surface area contributed by atoms with Gasteiger partial charge >= 0.3 is 5.97 Å². The predicted molar refractivity (Wildman–Crippen MR) is 146 cm³/mol. The first-order valence-corrected chi connectivity index (χ1v) is 12.1. The highest BCUT2D eigenvalue weighted by molar-refractivity contribution is 7.81. The Morgan fingerprint density at radius 3 is 2.08 bits per heavy atom. The van der Waals surface area contributed by atoms with E-state index in [0.717, 1.165) is 11.1 Å². The highest BCUT2D eigenvalue weighted by Gasteiger charge is 2.34. The van der Waals surface area contributed by atoms with Gasteiger partial charge in [-0.1, -0.05) is 71.7 Å². The zero-order chi connectivity index (χ0) is 26.5. The van der Waals surface area contributed by atoms with Crippen LogP contribution < -0.4 is 10.6 Å². The van der Waals surface area contributed by atoms with Gasteiger partial charge in [-0.05, 0) is 60.9 Å². The molecule has 186 valence electrons. The molecule has 0 heterocycles. The molecule has 3 rings (SSSR count). The van der Waals surface area contributed by atoms with E-state index < -0.39 is 28.6 Å². The molecule has 0 bridgehead atoms. The number of thiol groups is 1. The van der Waals surface area contributed by atoms with Gasteiger partial charge in [-0.15, -0.1) is 0 Å². The molecule has 6 nitrogen and oxygen atoms in total. The molecule has 0 radical (unpaired) electrons. The molecular weight excluding hydrogens is 519 g/mol. The second-order valence-electron chi connectivity index (χ2n) is 8.53. The first-order chi connectivity index (χ1) is 17.0. The topological polar surface area (TPSA) is 95.5 Å². The van der Waals surface area contributed by atoms with Gasteiger partial charge in [0.05, 0.1) is 10.0 Å². The van der Waals surface area contributed by atoms with E-state index in [4.69, 9.17) is 23.2 Å². The van der Waals surface area contributed by atoms with Crippen molar-refractivity contribution in [2.45, 2.75) is 24.6 Å². The van der Waals surface area contributed by atoms with Crippen molar-refractivity contribution in [2.75, 3.05) is 0 Å². The minimum Gasteiger partial charge on any atom is -0.480 e. The third-order valence-corrected chi connectivity index (χ3v) is 6.23. The van der Waals surface area contributed by atoms with Gasteiger partial charge in [0.25, 0.3) is 11.8 Å². The average Bonchev–Trinajstić information content (AvgIpc) is 2.84. The number of amides is 2. The molecule has 0 saturated carbocycles. The minimum absolute atomic E-state index is 0.172. The summed E-state index contributed by atoms with van der Waals surface area (Å²) < 4.78 is -1.08. The molecule has 3 aromatic rings. The lowest BCUT2D eigenvalue weighted by Crippen LogP contribution is -2.53. The number of hydrogen-bond donors (Lipinski definition) is 4. The molecule has 0 aliphatic carbocycles. The second-order valence-corrected chi connectivity index (χ2v) is 10.5. The van der Waals surface area contributed by atoms with Gasteiger partial charge in [0.2, 0.25) is 0 Å². The molecule has 9 heteroatoms. The summed E-state index contributed by atoms with van der Waals surface area (Å²) in [6.45, 7) is 3.12. The molecular formula is C27H24Cl2N2O4S. The van der Waals surface area contributed by atoms with Crippen molar-refractivity contribution in [3.8, 4) is 11.1 Å². The largest absolute Gasteiger partial charge is 0.480 e. The summed E-state index contributed by atoms with van der Waals surface area (Å²) >= 11 is 16.4. The number of carbonyl (C=O) groups excluding carboxylic acids is 2. The summed E-state index contributed by atoms with van der Waals surface area (Å²) in [5, 5.41) is 15.2. The van der Waals surface area contributed by atoms with Crippen LogP contribution in [0.5, 0.6) is 0 Å². The van der Waals surface area contributed by atoms with Gasteiger partial charge in [-0.25, -0.2) is 4.79 Å². The van der Waals surface area contributed by atoms with Crippen LogP contribution in [0, 0.1) is 0 Å². The summed E-state index contributed by atoms with van der Waals surface area (Å²) in [5.41, 5.74) is 2.54. The van der Waals surface area contributed by atoms with Gasteiger partial charge in [-0.3, -0.25) is 9.59 Å². The lowest BCUT2D eigenvalue weighted by molar-refractivity contribution is -0.142. The number of benzene rings is 3. The Morgan fingerprint density at radius 2 is 1.53 bits per heavy atom. The Labute approximate surface area is 224 Å². The van der Waals surface area contributed by atoms with Gasteiger partial charge in [-0.2, -0.15) is 12.6 Å². The highest BCUT2D eigenvalue weighted by atomic mass is 35.5. The van der Waals surface area contributed by atoms with Crippen LogP contribution in [-0.4, -0.2) is 33.7 Å². The summed E-state index contributed by atoms with van der Waals surface area (Å²) in [6.07, 6.45) is 1.39. The fraction of sp³-hybridized carbons (Fsp3) is 0.148. The summed E-state index contributed by atoms with van der Waals surface area (Å²) in [5.74, 6) is -2.61. The SMILES string of the molecule is CC(C)(S)C(NC(=O)C(=Cc1ccc(Cl)c(Cl)c1)NC(=O)c1ccc(-c2ccccc2)cc1)C(=O)O. The molecule has 0 saturated heterocycles. The van der Waals surface area contributed by atoms with Crippen LogP contribution in [0.3, 0.4) is 0 Å². The molecule has 1 atom stereocenters. The maximum atomic E-state index is 13.1. The smallest absolute Gasteiger partial charge is 0.327 e. The minimum atomic E-state index is -1.33. The van der Waals surface area contributed by atoms with E-state index >= 15 is 0 Å². The zero-order valence-corrected chi connectivity index (χ0v) is 21.9. The molecule has 0 aromatic heterocycles. The van der Waals surface area contributed by atoms with Crippen LogP contribution in [0.25, 0.3) is 17.2 Å². The van der Waals surface area contributed by atoms with Crippen LogP contribution in [0.4, 0.5) is 0 Å². The molecule has 0 spiro atoms. The van der Waals surface area contributed by atoms with Crippen molar-refractivity contribution in [2.24, 2.45) is 0 Å². The number of rotatable bonds is 8. The lowest BCUT2D eigenvalue weighted by atomic mass is 10.0. The van der Waals surface area contributed by atoms with Gasteiger partial charge < -0.3 is 15.7 Å². The van der Waals surface area contributed by atoms with E-state index in [2.05, 4.69) is 23.3 Å². The van der Waals surface area contributed by atoms with Gasteiger partial charge in [0.1, 0.15) is 11.7 Å². The Balaban J connectivity index is 1.90. The fourth-order valence-corrected chi connectivity index (χ4v) is 3.80. The van der Waals surface area contributed by atoms with Crippen molar-refractivity contribution < 1.29 is 19.5 Å². The third-order valence-electron chi connectivity index (χ3n) is 5.23. The normalized spacial score (nSPS) is 12.5. The molecule has 3 N–H and O–H groups in total. The van der Waals surface area contributed by atoms with Gasteiger partial charge in [0.15, 0.2) is 0 Å². The van der Waals surface area contributed by atoms with E-state index in [1.165, 1.54) is 12.1 Å². The second kappa shape index (κ2) is 11.6. The predicted octanol–water partition coefficient (Wildman–Crippen LogP) is 5.71. The highest BCUT2D eigenvalue weighted by Crippen LogP contribution is 2.24. The summed E-state index contributed by atoms with van der Waals surface area (Å²) in [4.78, 5) is 37.9. The molecule has 0 aliphatic rings. The van der Waals surface area contributed by atoms with E-state index in [9.17, 15) is 19.5 Å². The van der Waals surface area contributed by atoms with E-state index in [1.807, 2.05) is 30.3 Å². The Bertz CT molecular complexity index is 1300. The maximum absolute atomic E-state index is 13.1. The lowest BCUT2D eigenvalue weighted by Gasteiger charge is -2.27. The van der Waals surface area contributed by atoms with Crippen LogP contribution in [0.1, 0.15) is 29.8 Å². The molecule has 3 aromatic carbocycles. The van der Waals surface area contributed by atoms with E-state index in [1.54, 1.807) is 50.2 Å². The van der Waals surface area contributed by atoms with Gasteiger partial charge in [0, 0.05) is 10.3 Å². The monoisotopic (exact) mass is 542 g/mol. The van der Waals surface area contributed by atoms with Crippen molar-refractivity contribution in [3.63, 3.8) is 0 Å². The molecule has 0 fully saturated rings. The van der Waals surface area contributed by atoms with Crippen molar-refractivity contribution >= 4 is 59.7 Å². The molecule has 2 amide bonds. The van der Waals surface area contributed by atoms with Crippen molar-refractivity contribution in [1.29, 1.82) is 0 Å². The number of carboxylic acids is 1. The third kappa shape index (κ3) is 7.13. The van der Waals surface area contributed by atoms with Crippen LogP contribution in [-0.2, 0) is 9.59 Å².